The van der Waals surface area contributed by atoms with Crippen LogP contribution < -0.4 is 0 Å². The number of esters is 1. The zero-order chi connectivity index (χ0) is 12.8. The lowest BCUT2D eigenvalue weighted by molar-refractivity contribution is -0.148. The Bertz CT molecular complexity index is 390. The first-order valence-electron chi connectivity index (χ1n) is 5.83. The fourth-order valence-corrected chi connectivity index (χ4v) is 1.31. The molecule has 0 heterocycles. The zero-order valence-electron chi connectivity index (χ0n) is 10.5. The Kier molecular flexibility index (Phi) is 4.88. The SMILES string of the molecule is CCC(=O)c1ccc(COC(=O)C(C)C)cc1. The summed E-state index contributed by atoms with van der Waals surface area (Å²) in [6.07, 6.45) is 0.502. The van der Waals surface area contributed by atoms with Crippen LogP contribution in [0.1, 0.15) is 43.1 Å². The van der Waals surface area contributed by atoms with E-state index in [0.717, 1.165) is 5.56 Å². The third-order valence-electron chi connectivity index (χ3n) is 2.45. The average Bonchev–Trinajstić information content (AvgIpc) is 2.35. The van der Waals surface area contributed by atoms with Gasteiger partial charge in [0.1, 0.15) is 6.61 Å². The number of ketones is 1. The number of benzene rings is 1. The second-order valence-corrected chi connectivity index (χ2v) is 4.24. The second-order valence-electron chi connectivity index (χ2n) is 4.24. The number of Topliss-reactive ketones (excluding diaryl/α,β-unsaturated/α-hetero) is 1. The summed E-state index contributed by atoms with van der Waals surface area (Å²) in [5, 5.41) is 0. The lowest BCUT2D eigenvalue weighted by Gasteiger charge is -2.07. The van der Waals surface area contributed by atoms with E-state index in [1.54, 1.807) is 26.0 Å². The molecule has 0 bridgehead atoms. The van der Waals surface area contributed by atoms with Crippen LogP contribution in [0.4, 0.5) is 0 Å². The van der Waals surface area contributed by atoms with Crippen molar-refractivity contribution in [3.8, 4) is 0 Å². The van der Waals surface area contributed by atoms with Gasteiger partial charge in [-0.25, -0.2) is 0 Å². The molecule has 1 rings (SSSR count). The molecule has 0 amide bonds. The Morgan fingerprint density at radius 3 is 2.24 bits per heavy atom. The van der Waals surface area contributed by atoms with Gasteiger partial charge in [-0.05, 0) is 5.56 Å². The van der Waals surface area contributed by atoms with E-state index in [2.05, 4.69) is 0 Å². The van der Waals surface area contributed by atoms with Gasteiger partial charge in [-0.2, -0.15) is 0 Å². The van der Waals surface area contributed by atoms with E-state index in [0.29, 0.717) is 12.0 Å². The summed E-state index contributed by atoms with van der Waals surface area (Å²) in [5.41, 5.74) is 1.60. The number of ether oxygens (including phenoxy) is 1. The van der Waals surface area contributed by atoms with Crippen molar-refractivity contribution in [3.63, 3.8) is 0 Å². The van der Waals surface area contributed by atoms with Gasteiger partial charge in [0.15, 0.2) is 5.78 Å². The van der Waals surface area contributed by atoms with Gasteiger partial charge in [-0.15, -0.1) is 0 Å². The van der Waals surface area contributed by atoms with Crippen LogP contribution in [0.3, 0.4) is 0 Å². The number of carbonyl (C=O) groups excluding carboxylic acids is 2. The van der Waals surface area contributed by atoms with Crippen molar-refractivity contribution in [3.05, 3.63) is 35.4 Å². The summed E-state index contributed by atoms with van der Waals surface area (Å²) in [6.45, 7) is 5.69. The number of carbonyl (C=O) groups is 2. The van der Waals surface area contributed by atoms with Gasteiger partial charge in [0, 0.05) is 12.0 Å². The Morgan fingerprint density at radius 1 is 1.18 bits per heavy atom. The first-order valence-corrected chi connectivity index (χ1v) is 5.83. The van der Waals surface area contributed by atoms with Crippen LogP contribution in [-0.4, -0.2) is 11.8 Å². The van der Waals surface area contributed by atoms with Crippen LogP contribution in [0.2, 0.25) is 0 Å². The van der Waals surface area contributed by atoms with Crippen LogP contribution in [0, 0.1) is 5.92 Å². The summed E-state index contributed by atoms with van der Waals surface area (Å²) in [6, 6.07) is 7.17. The lowest BCUT2D eigenvalue weighted by Crippen LogP contribution is -2.11. The smallest absolute Gasteiger partial charge is 0.308 e. The Hall–Kier alpha value is -1.64. The maximum Gasteiger partial charge on any atom is 0.308 e. The lowest BCUT2D eigenvalue weighted by atomic mass is 10.1. The minimum Gasteiger partial charge on any atom is -0.461 e. The predicted molar refractivity (Wildman–Crippen MR) is 65.7 cm³/mol. The van der Waals surface area contributed by atoms with E-state index in [9.17, 15) is 9.59 Å². The van der Waals surface area contributed by atoms with Crippen molar-refractivity contribution in [1.82, 2.24) is 0 Å². The van der Waals surface area contributed by atoms with Gasteiger partial charge in [-0.1, -0.05) is 45.0 Å². The molecule has 0 saturated carbocycles. The van der Waals surface area contributed by atoms with Crippen LogP contribution in [0.5, 0.6) is 0 Å². The normalized spacial score (nSPS) is 10.4. The van der Waals surface area contributed by atoms with Gasteiger partial charge in [0.25, 0.3) is 0 Å². The molecular formula is C14H18O3. The molecule has 0 radical (unpaired) electrons. The summed E-state index contributed by atoms with van der Waals surface area (Å²) < 4.78 is 5.09. The third kappa shape index (κ3) is 4.02. The molecule has 0 unspecified atom stereocenters. The molecule has 3 heteroatoms. The number of hydrogen-bond acceptors (Lipinski definition) is 3. The van der Waals surface area contributed by atoms with Crippen molar-refractivity contribution < 1.29 is 14.3 Å². The highest BCUT2D eigenvalue weighted by Gasteiger charge is 2.08. The van der Waals surface area contributed by atoms with E-state index < -0.39 is 0 Å². The van der Waals surface area contributed by atoms with Crippen molar-refractivity contribution in [1.29, 1.82) is 0 Å². The van der Waals surface area contributed by atoms with Crippen LogP contribution in [-0.2, 0) is 16.1 Å². The fraction of sp³-hybridized carbons (Fsp3) is 0.429. The van der Waals surface area contributed by atoms with Gasteiger partial charge < -0.3 is 4.74 Å². The molecule has 0 aromatic heterocycles. The van der Waals surface area contributed by atoms with E-state index in [1.165, 1.54) is 0 Å². The Balaban J connectivity index is 2.57. The highest BCUT2D eigenvalue weighted by molar-refractivity contribution is 5.95. The standard InChI is InChI=1S/C14H18O3/c1-4-13(15)12-7-5-11(6-8-12)9-17-14(16)10(2)3/h5-8,10H,4,9H2,1-3H3. The Labute approximate surface area is 102 Å². The molecule has 1 aromatic rings. The molecule has 92 valence electrons. The molecule has 0 saturated heterocycles. The molecule has 0 atom stereocenters. The van der Waals surface area contributed by atoms with Crippen LogP contribution in [0.15, 0.2) is 24.3 Å². The van der Waals surface area contributed by atoms with E-state index in [-0.39, 0.29) is 24.3 Å². The second kappa shape index (κ2) is 6.18. The van der Waals surface area contributed by atoms with E-state index in [1.807, 2.05) is 19.1 Å². The van der Waals surface area contributed by atoms with Gasteiger partial charge >= 0.3 is 5.97 Å². The first kappa shape index (κ1) is 13.4. The topological polar surface area (TPSA) is 43.4 Å². The molecule has 1 aromatic carbocycles. The third-order valence-corrected chi connectivity index (χ3v) is 2.45. The van der Waals surface area contributed by atoms with Gasteiger partial charge in [-0.3, -0.25) is 9.59 Å². The number of rotatable bonds is 5. The summed E-state index contributed by atoms with van der Waals surface area (Å²) in [4.78, 5) is 22.7. The largest absolute Gasteiger partial charge is 0.461 e. The average molecular weight is 234 g/mol. The summed E-state index contributed by atoms with van der Waals surface area (Å²) >= 11 is 0. The van der Waals surface area contributed by atoms with Crippen LogP contribution >= 0.6 is 0 Å². The molecule has 0 aliphatic rings. The molecule has 0 fully saturated rings. The van der Waals surface area contributed by atoms with Crippen molar-refractivity contribution in [2.45, 2.75) is 33.8 Å². The van der Waals surface area contributed by atoms with Crippen molar-refractivity contribution in [2.75, 3.05) is 0 Å². The van der Waals surface area contributed by atoms with Crippen LogP contribution in [0.25, 0.3) is 0 Å². The van der Waals surface area contributed by atoms with Crippen molar-refractivity contribution in [2.24, 2.45) is 5.92 Å². The molecule has 0 aliphatic heterocycles. The van der Waals surface area contributed by atoms with Gasteiger partial charge in [0.05, 0.1) is 5.92 Å². The monoisotopic (exact) mass is 234 g/mol. The van der Waals surface area contributed by atoms with E-state index in [4.69, 9.17) is 4.74 Å². The summed E-state index contributed by atoms with van der Waals surface area (Å²) in [7, 11) is 0. The molecule has 0 aliphatic carbocycles. The minimum absolute atomic E-state index is 0.115. The maximum absolute atomic E-state index is 11.4. The maximum atomic E-state index is 11.4. The highest BCUT2D eigenvalue weighted by Crippen LogP contribution is 2.09. The highest BCUT2D eigenvalue weighted by atomic mass is 16.5. The first-order chi connectivity index (χ1) is 8.04. The summed E-state index contributed by atoms with van der Waals surface area (Å²) in [5.74, 6) is -0.203. The predicted octanol–water partition coefficient (Wildman–Crippen LogP) is 2.98. The fourth-order valence-electron chi connectivity index (χ4n) is 1.31. The molecule has 17 heavy (non-hydrogen) atoms. The molecule has 0 N–H and O–H groups in total. The quantitative estimate of drug-likeness (QED) is 0.581. The van der Waals surface area contributed by atoms with Crippen molar-refractivity contribution >= 4 is 11.8 Å². The van der Waals surface area contributed by atoms with E-state index >= 15 is 0 Å². The molecule has 3 nitrogen and oxygen atoms in total. The minimum atomic E-state index is -0.210. The Morgan fingerprint density at radius 2 is 1.76 bits per heavy atom. The number of hydrogen-bond donors (Lipinski definition) is 0. The molecular weight excluding hydrogens is 216 g/mol. The zero-order valence-corrected chi connectivity index (χ0v) is 10.5. The molecule has 0 spiro atoms. The van der Waals surface area contributed by atoms with Gasteiger partial charge in [0.2, 0.25) is 0 Å².